The molecule has 0 aliphatic heterocycles. The Bertz CT molecular complexity index is 258. The fourth-order valence-corrected chi connectivity index (χ4v) is 0.807. The van der Waals surface area contributed by atoms with E-state index in [1.807, 2.05) is 6.92 Å². The van der Waals surface area contributed by atoms with Crippen LogP contribution in [0.25, 0.3) is 0 Å². The molecule has 0 bridgehead atoms. The van der Waals surface area contributed by atoms with E-state index >= 15 is 0 Å². The van der Waals surface area contributed by atoms with Gasteiger partial charge in [-0.15, -0.1) is 0 Å². The third-order valence-electron chi connectivity index (χ3n) is 1.67. The summed E-state index contributed by atoms with van der Waals surface area (Å²) in [4.78, 5) is 17.7. The van der Waals surface area contributed by atoms with Crippen molar-refractivity contribution in [3.8, 4) is 0 Å². The fraction of sp³-hybridized carbons (Fsp3) is 0.500. The first-order chi connectivity index (χ1) is 6.24. The highest BCUT2D eigenvalue weighted by Gasteiger charge is 2.07. The molecular weight excluding hydrogens is 170 g/mol. The topological polar surface area (TPSA) is 78.0 Å². The Labute approximate surface area is 76.2 Å². The summed E-state index contributed by atoms with van der Waals surface area (Å²) in [6.07, 6.45) is 2.91. The molecule has 1 aromatic heterocycles. The van der Waals surface area contributed by atoms with Crippen LogP contribution in [0.2, 0.25) is 0 Å². The first-order valence-electron chi connectivity index (χ1n) is 4.11. The van der Waals surface area contributed by atoms with Crippen molar-refractivity contribution in [2.24, 2.45) is 5.92 Å². The maximum Gasteiger partial charge on any atom is 0.269 e. The molecule has 0 spiro atoms. The summed E-state index contributed by atoms with van der Waals surface area (Å²) < 4.78 is 0. The zero-order valence-electron chi connectivity index (χ0n) is 7.45. The van der Waals surface area contributed by atoms with Crippen LogP contribution in [0, 0.1) is 5.92 Å². The lowest BCUT2D eigenvalue weighted by Gasteiger charge is -2.07. The van der Waals surface area contributed by atoms with Crippen molar-refractivity contribution in [2.45, 2.75) is 6.92 Å². The van der Waals surface area contributed by atoms with Crippen LogP contribution >= 0.6 is 0 Å². The maximum absolute atomic E-state index is 11.3. The monoisotopic (exact) mass is 183 g/mol. The van der Waals surface area contributed by atoms with Crippen molar-refractivity contribution in [3.05, 3.63) is 18.2 Å². The van der Waals surface area contributed by atoms with Crippen molar-refractivity contribution < 1.29 is 9.90 Å². The standard InChI is InChI=1S/C8H13N3O2/c1-6(4-12)2-10-8(13)7-3-9-5-11-7/h3,5-6,12H,2,4H2,1H3,(H,9,11)(H,10,13). The molecule has 1 atom stereocenters. The molecule has 0 saturated carbocycles. The molecule has 1 heterocycles. The van der Waals surface area contributed by atoms with Gasteiger partial charge >= 0.3 is 0 Å². The van der Waals surface area contributed by atoms with Crippen LogP contribution < -0.4 is 5.32 Å². The number of aromatic amines is 1. The van der Waals surface area contributed by atoms with Crippen molar-refractivity contribution >= 4 is 5.91 Å². The fourth-order valence-electron chi connectivity index (χ4n) is 0.807. The summed E-state index contributed by atoms with van der Waals surface area (Å²) >= 11 is 0. The molecule has 0 aliphatic rings. The molecule has 1 aromatic rings. The van der Waals surface area contributed by atoms with Gasteiger partial charge in [0.15, 0.2) is 0 Å². The Morgan fingerprint density at radius 3 is 3.15 bits per heavy atom. The average molecular weight is 183 g/mol. The van der Waals surface area contributed by atoms with Gasteiger partial charge in [0.1, 0.15) is 5.69 Å². The van der Waals surface area contributed by atoms with E-state index in [4.69, 9.17) is 5.11 Å². The van der Waals surface area contributed by atoms with Gasteiger partial charge in [0.05, 0.1) is 12.5 Å². The highest BCUT2D eigenvalue weighted by molar-refractivity contribution is 5.91. The number of hydrogen-bond acceptors (Lipinski definition) is 3. The van der Waals surface area contributed by atoms with Gasteiger partial charge in [-0.25, -0.2) is 4.98 Å². The SMILES string of the molecule is CC(CO)CNC(=O)c1cnc[nH]1. The van der Waals surface area contributed by atoms with Gasteiger partial charge in [-0.2, -0.15) is 0 Å². The number of aromatic nitrogens is 2. The highest BCUT2D eigenvalue weighted by Crippen LogP contribution is 1.93. The van der Waals surface area contributed by atoms with Crippen LogP contribution in [-0.2, 0) is 0 Å². The van der Waals surface area contributed by atoms with Gasteiger partial charge < -0.3 is 15.4 Å². The number of aliphatic hydroxyl groups excluding tert-OH is 1. The number of hydrogen-bond donors (Lipinski definition) is 3. The van der Waals surface area contributed by atoms with E-state index in [1.54, 1.807) is 0 Å². The lowest BCUT2D eigenvalue weighted by Crippen LogP contribution is -2.29. The summed E-state index contributed by atoms with van der Waals surface area (Å²) in [5.74, 6) is -0.121. The number of nitrogens with zero attached hydrogens (tertiary/aromatic N) is 1. The Kier molecular flexibility index (Phi) is 3.45. The molecule has 5 nitrogen and oxygen atoms in total. The first kappa shape index (κ1) is 9.73. The third kappa shape index (κ3) is 2.87. The molecule has 1 amide bonds. The van der Waals surface area contributed by atoms with Gasteiger partial charge in [0.25, 0.3) is 5.91 Å². The van der Waals surface area contributed by atoms with Gasteiger partial charge in [-0.05, 0) is 5.92 Å². The van der Waals surface area contributed by atoms with Crippen molar-refractivity contribution in [1.29, 1.82) is 0 Å². The Morgan fingerprint density at radius 1 is 1.85 bits per heavy atom. The van der Waals surface area contributed by atoms with E-state index in [0.29, 0.717) is 12.2 Å². The summed E-state index contributed by atoms with van der Waals surface area (Å²) in [7, 11) is 0. The Hall–Kier alpha value is -1.36. The number of H-pyrrole nitrogens is 1. The molecule has 0 fully saturated rings. The lowest BCUT2D eigenvalue weighted by molar-refractivity contribution is 0.0938. The van der Waals surface area contributed by atoms with Crippen molar-refractivity contribution in [2.75, 3.05) is 13.2 Å². The quantitative estimate of drug-likeness (QED) is 0.603. The number of imidazole rings is 1. The van der Waals surface area contributed by atoms with E-state index in [1.165, 1.54) is 12.5 Å². The molecule has 0 aliphatic carbocycles. The molecular formula is C8H13N3O2. The summed E-state index contributed by atoms with van der Waals surface area (Å²) in [6.45, 7) is 2.39. The molecule has 0 radical (unpaired) electrons. The van der Waals surface area contributed by atoms with E-state index in [9.17, 15) is 4.79 Å². The van der Waals surface area contributed by atoms with E-state index in [0.717, 1.165) is 0 Å². The molecule has 0 aromatic carbocycles. The van der Waals surface area contributed by atoms with Gasteiger partial charge in [0.2, 0.25) is 0 Å². The Balaban J connectivity index is 2.35. The number of nitrogens with one attached hydrogen (secondary N) is 2. The molecule has 3 N–H and O–H groups in total. The van der Waals surface area contributed by atoms with E-state index in [-0.39, 0.29) is 18.4 Å². The van der Waals surface area contributed by atoms with E-state index < -0.39 is 0 Å². The van der Waals surface area contributed by atoms with Crippen molar-refractivity contribution in [1.82, 2.24) is 15.3 Å². The second-order valence-corrected chi connectivity index (χ2v) is 2.96. The van der Waals surface area contributed by atoms with Gasteiger partial charge in [0, 0.05) is 13.2 Å². The number of aliphatic hydroxyl groups is 1. The van der Waals surface area contributed by atoms with Crippen LogP contribution in [0.15, 0.2) is 12.5 Å². The van der Waals surface area contributed by atoms with Gasteiger partial charge in [-0.1, -0.05) is 6.92 Å². The van der Waals surface area contributed by atoms with Crippen LogP contribution in [0.3, 0.4) is 0 Å². The van der Waals surface area contributed by atoms with Crippen LogP contribution in [0.4, 0.5) is 0 Å². The summed E-state index contributed by atoms with van der Waals surface area (Å²) in [5, 5.41) is 11.4. The normalized spacial score (nSPS) is 12.5. The summed E-state index contributed by atoms with van der Waals surface area (Å²) in [5.41, 5.74) is 0.435. The number of carbonyl (C=O) groups excluding carboxylic acids is 1. The molecule has 13 heavy (non-hydrogen) atoms. The Morgan fingerprint density at radius 2 is 2.62 bits per heavy atom. The zero-order chi connectivity index (χ0) is 9.68. The zero-order valence-corrected chi connectivity index (χ0v) is 7.45. The lowest BCUT2D eigenvalue weighted by atomic mass is 10.2. The first-order valence-corrected chi connectivity index (χ1v) is 4.11. The predicted octanol–water partition coefficient (Wildman–Crippen LogP) is -0.232. The molecule has 1 unspecified atom stereocenters. The van der Waals surface area contributed by atoms with Crippen LogP contribution in [0.5, 0.6) is 0 Å². The molecule has 5 heteroatoms. The van der Waals surface area contributed by atoms with Gasteiger partial charge in [-0.3, -0.25) is 4.79 Å². The number of carbonyl (C=O) groups is 1. The minimum Gasteiger partial charge on any atom is -0.396 e. The third-order valence-corrected chi connectivity index (χ3v) is 1.67. The molecule has 1 rings (SSSR count). The molecule has 72 valence electrons. The molecule has 0 saturated heterocycles. The van der Waals surface area contributed by atoms with Crippen molar-refractivity contribution in [3.63, 3.8) is 0 Å². The van der Waals surface area contributed by atoms with Crippen LogP contribution in [0.1, 0.15) is 17.4 Å². The second kappa shape index (κ2) is 4.61. The number of rotatable bonds is 4. The minimum absolute atomic E-state index is 0.0727. The largest absolute Gasteiger partial charge is 0.396 e. The average Bonchev–Trinajstić information content (AvgIpc) is 2.66. The summed E-state index contributed by atoms with van der Waals surface area (Å²) in [6, 6.07) is 0. The number of amides is 1. The van der Waals surface area contributed by atoms with Crippen LogP contribution in [-0.4, -0.2) is 34.1 Å². The minimum atomic E-state index is -0.196. The smallest absolute Gasteiger partial charge is 0.269 e. The second-order valence-electron chi connectivity index (χ2n) is 2.96. The predicted molar refractivity (Wildman–Crippen MR) is 47.2 cm³/mol. The van der Waals surface area contributed by atoms with E-state index in [2.05, 4.69) is 15.3 Å². The highest BCUT2D eigenvalue weighted by atomic mass is 16.3. The maximum atomic E-state index is 11.3.